The van der Waals surface area contributed by atoms with Crippen molar-refractivity contribution in [1.82, 2.24) is 9.80 Å². The smallest absolute Gasteiger partial charge is 0.338 e. The van der Waals surface area contributed by atoms with Gasteiger partial charge in [0.1, 0.15) is 0 Å². The Balaban J connectivity index is 2.50. The predicted octanol–water partition coefficient (Wildman–Crippen LogP) is 1.60. The van der Waals surface area contributed by atoms with E-state index < -0.39 is 5.97 Å². The Hall–Kier alpha value is -2.41. The molecule has 0 spiro atoms. The molecule has 0 saturated carbocycles. The van der Waals surface area contributed by atoms with Crippen molar-refractivity contribution in [2.75, 3.05) is 45.7 Å². The summed E-state index contributed by atoms with van der Waals surface area (Å²) in [6.07, 6.45) is 0.215. The molecule has 25 heavy (non-hydrogen) atoms. The van der Waals surface area contributed by atoms with Crippen LogP contribution in [0.3, 0.4) is 0 Å². The summed E-state index contributed by atoms with van der Waals surface area (Å²) in [6.45, 7) is 5.27. The van der Waals surface area contributed by atoms with Crippen LogP contribution in [0.1, 0.15) is 30.6 Å². The Morgan fingerprint density at radius 2 is 1.68 bits per heavy atom. The zero-order valence-electron chi connectivity index (χ0n) is 15.4. The van der Waals surface area contributed by atoms with E-state index in [2.05, 4.69) is 5.32 Å². The maximum atomic E-state index is 12.0. The molecule has 0 radical (unpaired) electrons. The van der Waals surface area contributed by atoms with Crippen molar-refractivity contribution < 1.29 is 19.1 Å². The highest BCUT2D eigenvalue weighted by atomic mass is 16.5. The van der Waals surface area contributed by atoms with Gasteiger partial charge in [-0.3, -0.25) is 9.59 Å². The van der Waals surface area contributed by atoms with Crippen molar-refractivity contribution >= 4 is 23.5 Å². The second kappa shape index (κ2) is 10.5. The number of likely N-dealkylation sites (N-methyl/N-ethyl adjacent to an activating group) is 1. The minimum Gasteiger partial charge on any atom is -0.462 e. The lowest BCUT2D eigenvalue weighted by molar-refractivity contribution is -0.129. The summed E-state index contributed by atoms with van der Waals surface area (Å²) in [5.74, 6) is -0.619. The van der Waals surface area contributed by atoms with Gasteiger partial charge < -0.3 is 19.9 Å². The van der Waals surface area contributed by atoms with Crippen molar-refractivity contribution in [3.63, 3.8) is 0 Å². The first-order valence-electron chi connectivity index (χ1n) is 8.30. The van der Waals surface area contributed by atoms with E-state index in [0.29, 0.717) is 30.9 Å². The number of nitrogens with zero attached hydrogens (tertiary/aromatic N) is 2. The number of nitrogens with one attached hydrogen (secondary N) is 1. The van der Waals surface area contributed by atoms with Gasteiger partial charge in [-0.25, -0.2) is 4.79 Å². The molecule has 7 nitrogen and oxygen atoms in total. The highest BCUT2D eigenvalue weighted by Crippen LogP contribution is 2.11. The van der Waals surface area contributed by atoms with Crippen molar-refractivity contribution in [2.24, 2.45) is 0 Å². The second-order valence-corrected chi connectivity index (χ2v) is 5.91. The quantitative estimate of drug-likeness (QED) is 0.685. The van der Waals surface area contributed by atoms with E-state index in [4.69, 9.17) is 4.74 Å². The van der Waals surface area contributed by atoms with Crippen LogP contribution in [-0.4, -0.2) is 67.9 Å². The predicted molar refractivity (Wildman–Crippen MR) is 96.5 cm³/mol. The molecule has 1 aromatic carbocycles. The Kier molecular flexibility index (Phi) is 8.63. The van der Waals surface area contributed by atoms with Crippen molar-refractivity contribution in [3.05, 3.63) is 29.8 Å². The SMILES string of the molecule is CCOC(=O)c1ccc(NC(=O)CCN(CCN(C)C)C(C)=O)cc1. The van der Waals surface area contributed by atoms with Crippen molar-refractivity contribution in [2.45, 2.75) is 20.3 Å². The lowest BCUT2D eigenvalue weighted by Crippen LogP contribution is -2.37. The van der Waals surface area contributed by atoms with Gasteiger partial charge in [-0.05, 0) is 45.3 Å². The van der Waals surface area contributed by atoms with E-state index >= 15 is 0 Å². The number of anilines is 1. The number of amides is 2. The van der Waals surface area contributed by atoms with Gasteiger partial charge in [0.15, 0.2) is 0 Å². The van der Waals surface area contributed by atoms with Crippen LogP contribution in [0.2, 0.25) is 0 Å². The van der Waals surface area contributed by atoms with Gasteiger partial charge in [-0.15, -0.1) is 0 Å². The van der Waals surface area contributed by atoms with Crippen LogP contribution in [0.4, 0.5) is 5.69 Å². The Labute approximate surface area is 148 Å². The third kappa shape index (κ3) is 7.80. The van der Waals surface area contributed by atoms with Gasteiger partial charge in [0.2, 0.25) is 11.8 Å². The molecule has 2 amide bonds. The molecule has 0 heterocycles. The normalized spacial score (nSPS) is 10.4. The molecule has 1 aromatic rings. The maximum absolute atomic E-state index is 12.0. The molecule has 1 rings (SSSR count). The van der Waals surface area contributed by atoms with E-state index in [9.17, 15) is 14.4 Å². The van der Waals surface area contributed by atoms with Crippen LogP contribution < -0.4 is 5.32 Å². The summed E-state index contributed by atoms with van der Waals surface area (Å²) >= 11 is 0. The lowest BCUT2D eigenvalue weighted by atomic mass is 10.2. The van der Waals surface area contributed by atoms with Gasteiger partial charge in [0.25, 0.3) is 0 Å². The first kappa shape index (κ1) is 20.6. The second-order valence-electron chi connectivity index (χ2n) is 5.91. The molecule has 0 atom stereocenters. The number of carbonyl (C=O) groups is 3. The van der Waals surface area contributed by atoms with E-state index in [1.54, 1.807) is 36.1 Å². The summed E-state index contributed by atoms with van der Waals surface area (Å²) in [5.41, 5.74) is 1.03. The first-order valence-corrected chi connectivity index (χ1v) is 8.30. The van der Waals surface area contributed by atoms with Crippen molar-refractivity contribution in [3.8, 4) is 0 Å². The average Bonchev–Trinajstić information content (AvgIpc) is 2.55. The summed E-state index contributed by atoms with van der Waals surface area (Å²) in [7, 11) is 3.87. The molecule has 0 unspecified atom stereocenters. The molecular formula is C18H27N3O4. The van der Waals surface area contributed by atoms with E-state index in [0.717, 1.165) is 6.54 Å². The van der Waals surface area contributed by atoms with Gasteiger partial charge in [0.05, 0.1) is 12.2 Å². The number of rotatable bonds is 9. The minimum atomic E-state index is -0.390. The van der Waals surface area contributed by atoms with Gasteiger partial charge >= 0.3 is 5.97 Å². The van der Waals surface area contributed by atoms with Gasteiger partial charge in [-0.1, -0.05) is 0 Å². The molecule has 0 fully saturated rings. The molecule has 0 bridgehead atoms. The molecular weight excluding hydrogens is 322 g/mol. The van der Waals surface area contributed by atoms with Crippen LogP contribution in [-0.2, 0) is 14.3 Å². The van der Waals surface area contributed by atoms with Crippen LogP contribution >= 0.6 is 0 Å². The monoisotopic (exact) mass is 349 g/mol. The maximum Gasteiger partial charge on any atom is 0.338 e. The molecule has 0 aliphatic heterocycles. The summed E-state index contributed by atoms with van der Waals surface area (Å²) in [4.78, 5) is 38.9. The number of esters is 1. The molecule has 7 heteroatoms. The summed E-state index contributed by atoms with van der Waals surface area (Å²) in [6, 6.07) is 6.51. The van der Waals surface area contributed by atoms with E-state index in [1.807, 2.05) is 19.0 Å². The van der Waals surface area contributed by atoms with Crippen molar-refractivity contribution in [1.29, 1.82) is 0 Å². The largest absolute Gasteiger partial charge is 0.462 e. The molecule has 0 aromatic heterocycles. The molecule has 138 valence electrons. The number of benzene rings is 1. The molecule has 0 aliphatic carbocycles. The fourth-order valence-electron chi connectivity index (χ4n) is 2.11. The Bertz CT molecular complexity index is 584. The van der Waals surface area contributed by atoms with Crippen LogP contribution in [0.25, 0.3) is 0 Å². The van der Waals surface area contributed by atoms with Crippen LogP contribution in [0.5, 0.6) is 0 Å². The number of ether oxygens (including phenoxy) is 1. The Morgan fingerprint density at radius 3 is 2.20 bits per heavy atom. The molecule has 0 saturated heterocycles. The topological polar surface area (TPSA) is 79.0 Å². The third-order valence-electron chi connectivity index (χ3n) is 3.55. The minimum absolute atomic E-state index is 0.0477. The van der Waals surface area contributed by atoms with Gasteiger partial charge in [-0.2, -0.15) is 0 Å². The summed E-state index contributed by atoms with van der Waals surface area (Å²) in [5, 5.41) is 2.76. The van der Waals surface area contributed by atoms with E-state index in [1.165, 1.54) is 6.92 Å². The first-order chi connectivity index (χ1) is 11.8. The Morgan fingerprint density at radius 1 is 1.04 bits per heavy atom. The third-order valence-corrected chi connectivity index (χ3v) is 3.55. The summed E-state index contributed by atoms with van der Waals surface area (Å²) < 4.78 is 4.91. The average molecular weight is 349 g/mol. The zero-order valence-corrected chi connectivity index (χ0v) is 15.4. The number of hydrogen-bond acceptors (Lipinski definition) is 5. The highest BCUT2D eigenvalue weighted by molar-refractivity contribution is 5.93. The highest BCUT2D eigenvalue weighted by Gasteiger charge is 2.12. The molecule has 0 aliphatic rings. The lowest BCUT2D eigenvalue weighted by Gasteiger charge is -2.22. The zero-order chi connectivity index (χ0) is 18.8. The van der Waals surface area contributed by atoms with Crippen LogP contribution in [0.15, 0.2) is 24.3 Å². The van der Waals surface area contributed by atoms with Gasteiger partial charge in [0, 0.05) is 38.7 Å². The number of carbonyl (C=O) groups excluding carboxylic acids is 3. The molecule has 1 N–H and O–H groups in total. The van der Waals surface area contributed by atoms with E-state index in [-0.39, 0.29) is 18.2 Å². The fourth-order valence-corrected chi connectivity index (χ4v) is 2.11. The van der Waals surface area contributed by atoms with Crippen LogP contribution in [0, 0.1) is 0 Å². The fraction of sp³-hybridized carbons (Fsp3) is 0.500. The standard InChI is InChI=1S/C18H27N3O4/c1-5-25-18(24)15-6-8-16(9-7-15)19-17(23)10-11-21(14(2)22)13-12-20(3)4/h6-9H,5,10-13H2,1-4H3,(H,19,23). The number of hydrogen-bond donors (Lipinski definition) is 1.